The second-order valence-electron chi connectivity index (χ2n) is 4.58. The van der Waals surface area contributed by atoms with Crippen LogP contribution in [0.25, 0.3) is 0 Å². The van der Waals surface area contributed by atoms with Crippen LogP contribution in [0, 0.1) is 0 Å². The van der Waals surface area contributed by atoms with Crippen molar-refractivity contribution in [3.8, 4) is 0 Å². The van der Waals surface area contributed by atoms with Crippen LogP contribution >= 0.6 is 23.7 Å². The summed E-state index contributed by atoms with van der Waals surface area (Å²) < 4.78 is 37.3. The predicted molar refractivity (Wildman–Crippen MR) is 71.7 cm³/mol. The Kier molecular flexibility index (Phi) is 5.61. The normalized spacial score (nSPS) is 25.1. The lowest BCUT2D eigenvalue weighted by Crippen LogP contribution is -2.54. The van der Waals surface area contributed by atoms with Gasteiger partial charge >= 0.3 is 6.18 Å². The molecule has 0 spiro atoms. The first-order valence-corrected chi connectivity index (χ1v) is 6.69. The predicted octanol–water partition coefficient (Wildman–Crippen LogP) is 2.77. The fourth-order valence-corrected chi connectivity index (χ4v) is 2.87. The van der Waals surface area contributed by atoms with E-state index < -0.39 is 11.2 Å². The largest absolute Gasteiger partial charge is 0.443 e. The number of rotatable bonds is 2. The van der Waals surface area contributed by atoms with Gasteiger partial charge in [0.2, 0.25) is 0 Å². The van der Waals surface area contributed by atoms with E-state index in [0.29, 0.717) is 23.5 Å². The van der Waals surface area contributed by atoms with Gasteiger partial charge in [0.1, 0.15) is 0 Å². The van der Waals surface area contributed by atoms with Gasteiger partial charge in [0, 0.05) is 42.8 Å². The van der Waals surface area contributed by atoms with Crippen LogP contribution in [0.5, 0.6) is 0 Å². The Bertz CT molecular complexity index is 410. The maximum atomic E-state index is 12.4. The van der Waals surface area contributed by atoms with Gasteiger partial charge in [-0.05, 0) is 13.8 Å². The molecule has 1 fully saturated rings. The molecular weight excluding hydrogens is 299 g/mol. The van der Waals surface area contributed by atoms with Crippen molar-refractivity contribution < 1.29 is 13.2 Å². The molecule has 2 rings (SSSR count). The Morgan fingerprint density at radius 1 is 1.47 bits per heavy atom. The van der Waals surface area contributed by atoms with Crippen LogP contribution in [0.3, 0.4) is 0 Å². The molecule has 1 aromatic rings. The van der Waals surface area contributed by atoms with E-state index in [0.717, 1.165) is 24.4 Å². The third kappa shape index (κ3) is 4.05. The number of nitrogens with zero attached hydrogens (tertiary/aromatic N) is 2. The van der Waals surface area contributed by atoms with Crippen LogP contribution in [0.4, 0.5) is 13.2 Å². The molecule has 1 N–H and O–H groups in total. The van der Waals surface area contributed by atoms with Gasteiger partial charge < -0.3 is 5.32 Å². The molecule has 8 heteroatoms. The zero-order chi connectivity index (χ0) is 13.3. The topological polar surface area (TPSA) is 28.2 Å². The SMILES string of the molecule is CC1NCCN(Cc2cnc(C(F)(F)F)s2)C1C.Cl. The van der Waals surface area contributed by atoms with Crippen LogP contribution in [-0.4, -0.2) is 35.1 Å². The molecule has 0 bridgehead atoms. The summed E-state index contributed by atoms with van der Waals surface area (Å²) in [5, 5.41) is 2.59. The molecule has 0 radical (unpaired) electrons. The smallest absolute Gasteiger partial charge is 0.311 e. The van der Waals surface area contributed by atoms with Crippen LogP contribution in [-0.2, 0) is 12.7 Å². The number of thiazole rings is 1. The molecule has 1 saturated heterocycles. The molecule has 2 unspecified atom stereocenters. The Balaban J connectivity index is 0.00000180. The standard InChI is InChI=1S/C11H16F3N3S.ClH/c1-7-8(2)17(4-3-15-7)6-9-5-16-10(18-9)11(12,13)14;/h5,7-8,15H,3-4,6H2,1-2H3;1H. The monoisotopic (exact) mass is 315 g/mol. The van der Waals surface area contributed by atoms with Crippen molar-refractivity contribution in [2.45, 2.75) is 38.7 Å². The maximum absolute atomic E-state index is 12.4. The maximum Gasteiger partial charge on any atom is 0.443 e. The second-order valence-corrected chi connectivity index (χ2v) is 5.70. The number of piperazine rings is 1. The van der Waals surface area contributed by atoms with Crippen LogP contribution < -0.4 is 5.32 Å². The molecule has 2 atom stereocenters. The highest BCUT2D eigenvalue weighted by atomic mass is 35.5. The van der Waals surface area contributed by atoms with E-state index in [9.17, 15) is 13.2 Å². The highest BCUT2D eigenvalue weighted by Gasteiger charge is 2.35. The van der Waals surface area contributed by atoms with Gasteiger partial charge in [-0.25, -0.2) is 4.98 Å². The van der Waals surface area contributed by atoms with Crippen LogP contribution in [0.2, 0.25) is 0 Å². The number of alkyl halides is 3. The number of halogens is 4. The Labute approximate surface area is 120 Å². The van der Waals surface area contributed by atoms with Gasteiger partial charge in [0.15, 0.2) is 5.01 Å². The molecule has 0 aromatic carbocycles. The molecule has 0 saturated carbocycles. The first kappa shape index (κ1) is 16.7. The van der Waals surface area contributed by atoms with Crippen LogP contribution in [0.15, 0.2) is 6.20 Å². The van der Waals surface area contributed by atoms with Gasteiger partial charge in [-0.15, -0.1) is 23.7 Å². The summed E-state index contributed by atoms with van der Waals surface area (Å²) in [7, 11) is 0. The van der Waals surface area contributed by atoms with Crippen molar-refractivity contribution >= 4 is 23.7 Å². The Morgan fingerprint density at radius 3 is 2.74 bits per heavy atom. The van der Waals surface area contributed by atoms with E-state index in [1.807, 2.05) is 0 Å². The molecule has 1 aromatic heterocycles. The molecule has 3 nitrogen and oxygen atoms in total. The molecule has 110 valence electrons. The van der Waals surface area contributed by atoms with Crippen molar-refractivity contribution in [2.24, 2.45) is 0 Å². The van der Waals surface area contributed by atoms with Crippen molar-refractivity contribution in [3.05, 3.63) is 16.1 Å². The zero-order valence-electron chi connectivity index (χ0n) is 10.7. The lowest BCUT2D eigenvalue weighted by atomic mass is 10.1. The van der Waals surface area contributed by atoms with Gasteiger partial charge in [0.05, 0.1) is 0 Å². The van der Waals surface area contributed by atoms with Gasteiger partial charge in [0.25, 0.3) is 0 Å². The highest BCUT2D eigenvalue weighted by molar-refractivity contribution is 7.11. The number of aromatic nitrogens is 1. The third-order valence-electron chi connectivity index (χ3n) is 3.32. The first-order valence-electron chi connectivity index (χ1n) is 5.87. The van der Waals surface area contributed by atoms with E-state index in [1.54, 1.807) is 0 Å². The van der Waals surface area contributed by atoms with Crippen molar-refractivity contribution in [2.75, 3.05) is 13.1 Å². The Morgan fingerprint density at radius 2 is 2.16 bits per heavy atom. The van der Waals surface area contributed by atoms with Gasteiger partial charge in [-0.1, -0.05) is 0 Å². The fraction of sp³-hybridized carbons (Fsp3) is 0.727. The number of hydrogen-bond acceptors (Lipinski definition) is 4. The molecule has 0 amide bonds. The minimum atomic E-state index is -4.33. The summed E-state index contributed by atoms with van der Waals surface area (Å²) in [5.41, 5.74) is 0. The second kappa shape index (κ2) is 6.39. The summed E-state index contributed by atoms with van der Waals surface area (Å²) in [5.74, 6) is 0. The summed E-state index contributed by atoms with van der Waals surface area (Å²) >= 11 is 0.739. The summed E-state index contributed by atoms with van der Waals surface area (Å²) in [6, 6.07) is 0.670. The lowest BCUT2D eigenvalue weighted by molar-refractivity contribution is -0.137. The molecule has 2 heterocycles. The van der Waals surface area contributed by atoms with Crippen LogP contribution in [0.1, 0.15) is 23.7 Å². The molecule has 19 heavy (non-hydrogen) atoms. The molecule has 1 aliphatic heterocycles. The average molecular weight is 316 g/mol. The minimum absolute atomic E-state index is 0. The van der Waals surface area contributed by atoms with E-state index >= 15 is 0 Å². The third-order valence-corrected chi connectivity index (χ3v) is 4.35. The molecular formula is C11H17ClF3N3S. The van der Waals surface area contributed by atoms with Crippen molar-refractivity contribution in [1.29, 1.82) is 0 Å². The van der Waals surface area contributed by atoms with E-state index in [4.69, 9.17) is 0 Å². The zero-order valence-corrected chi connectivity index (χ0v) is 12.3. The summed E-state index contributed by atoms with van der Waals surface area (Å²) in [6.45, 7) is 6.44. The van der Waals surface area contributed by atoms with Gasteiger partial charge in [-0.3, -0.25) is 4.90 Å². The van der Waals surface area contributed by atoms with E-state index in [2.05, 4.69) is 29.0 Å². The first-order chi connectivity index (χ1) is 8.38. The number of hydrogen-bond donors (Lipinski definition) is 1. The lowest BCUT2D eigenvalue weighted by Gasteiger charge is -2.38. The molecule has 1 aliphatic rings. The summed E-state index contributed by atoms with van der Waals surface area (Å²) in [4.78, 5) is 6.31. The average Bonchev–Trinajstić information content (AvgIpc) is 2.73. The number of nitrogens with one attached hydrogen (secondary N) is 1. The quantitative estimate of drug-likeness (QED) is 0.909. The summed E-state index contributed by atoms with van der Waals surface area (Å²) in [6.07, 6.45) is -2.99. The van der Waals surface area contributed by atoms with E-state index in [-0.39, 0.29) is 12.4 Å². The van der Waals surface area contributed by atoms with Gasteiger partial charge in [-0.2, -0.15) is 13.2 Å². The molecule has 0 aliphatic carbocycles. The van der Waals surface area contributed by atoms with Crippen molar-refractivity contribution in [1.82, 2.24) is 15.2 Å². The van der Waals surface area contributed by atoms with E-state index in [1.165, 1.54) is 6.20 Å². The minimum Gasteiger partial charge on any atom is -0.311 e. The van der Waals surface area contributed by atoms with Crippen molar-refractivity contribution in [3.63, 3.8) is 0 Å². The highest BCUT2D eigenvalue weighted by Crippen LogP contribution is 2.33. The Hall–Kier alpha value is -0.370. The fourth-order valence-electron chi connectivity index (χ4n) is 2.06.